The molecule has 0 bridgehead atoms. The molecular weight excluding hydrogens is 251 g/mol. The van der Waals surface area contributed by atoms with Crippen molar-refractivity contribution in [2.45, 2.75) is 126 Å². The fraction of sp³-hybridized carbons (Fsp3) is 1.00. The summed E-state index contributed by atoms with van der Waals surface area (Å²) in [6, 6.07) is 0. The van der Waals surface area contributed by atoms with E-state index in [1.54, 1.807) is 103 Å². The minimum Gasteiger partial charge on any atom is -0.166 e. The van der Waals surface area contributed by atoms with Crippen molar-refractivity contribution < 1.29 is 0 Å². The van der Waals surface area contributed by atoms with E-state index in [1.165, 1.54) is 23.3 Å². The van der Waals surface area contributed by atoms with Crippen molar-refractivity contribution in [3.8, 4) is 0 Å². The van der Waals surface area contributed by atoms with Gasteiger partial charge in [0.05, 0.1) is 0 Å². The van der Waals surface area contributed by atoms with Crippen LogP contribution in [-0.4, -0.2) is 6.15 Å². The summed E-state index contributed by atoms with van der Waals surface area (Å²) in [4.78, 5) is 0. The maximum atomic E-state index is 1.63. The van der Waals surface area contributed by atoms with Crippen LogP contribution in [0.15, 0.2) is 0 Å². The smallest absolute Gasteiger partial charge is 0.0131 e. The SMILES string of the molecule is C1CCC([B-](C2CCCC2)(C2CCCC2)C2CCCC2)C1. The summed E-state index contributed by atoms with van der Waals surface area (Å²) >= 11 is 0. The predicted molar refractivity (Wildman–Crippen MR) is 94.6 cm³/mol. The van der Waals surface area contributed by atoms with Crippen molar-refractivity contribution in [2.24, 2.45) is 0 Å². The van der Waals surface area contributed by atoms with Crippen molar-refractivity contribution in [1.82, 2.24) is 0 Å². The third-order valence-corrected chi connectivity index (χ3v) is 8.87. The van der Waals surface area contributed by atoms with Crippen molar-refractivity contribution in [3.63, 3.8) is 0 Å². The van der Waals surface area contributed by atoms with Gasteiger partial charge in [-0.05, 0) is 0 Å². The molecule has 4 fully saturated rings. The monoisotopic (exact) mass is 287 g/mol. The topological polar surface area (TPSA) is 0 Å². The normalized spacial score (nSPS) is 30.9. The first-order valence-electron chi connectivity index (χ1n) is 10.6. The van der Waals surface area contributed by atoms with Crippen LogP contribution in [0.5, 0.6) is 0 Å². The first-order valence-corrected chi connectivity index (χ1v) is 10.6. The predicted octanol–water partition coefficient (Wildman–Crippen LogP) is 7.21. The van der Waals surface area contributed by atoms with Crippen molar-refractivity contribution in [1.29, 1.82) is 0 Å². The van der Waals surface area contributed by atoms with E-state index >= 15 is 0 Å². The molecule has 4 aliphatic carbocycles. The van der Waals surface area contributed by atoms with Crippen molar-refractivity contribution in [2.75, 3.05) is 0 Å². The highest BCUT2D eigenvalue weighted by Crippen LogP contribution is 2.65. The Balaban J connectivity index is 1.71. The molecule has 120 valence electrons. The van der Waals surface area contributed by atoms with Gasteiger partial charge in [0.15, 0.2) is 0 Å². The average Bonchev–Trinajstić information content (AvgIpc) is 3.32. The van der Waals surface area contributed by atoms with Gasteiger partial charge in [-0.15, -0.1) is 0 Å². The highest BCUT2D eigenvalue weighted by Gasteiger charge is 2.50. The van der Waals surface area contributed by atoms with E-state index < -0.39 is 0 Å². The summed E-state index contributed by atoms with van der Waals surface area (Å²) in [6.45, 7) is 0. The van der Waals surface area contributed by atoms with Gasteiger partial charge >= 0.3 is 0 Å². The second-order valence-electron chi connectivity index (χ2n) is 9.33. The molecule has 1 heteroatoms. The van der Waals surface area contributed by atoms with Gasteiger partial charge < -0.3 is 0 Å². The summed E-state index contributed by atoms with van der Waals surface area (Å²) in [6.07, 6.45) is 25.6. The molecule has 0 saturated heterocycles. The van der Waals surface area contributed by atoms with E-state index in [0.29, 0.717) is 0 Å². The number of rotatable bonds is 4. The molecule has 0 unspecified atom stereocenters. The summed E-state index contributed by atoms with van der Waals surface area (Å²) in [5.41, 5.74) is 0. The molecule has 4 rings (SSSR count). The molecule has 0 aromatic carbocycles. The molecule has 0 aliphatic heterocycles. The third kappa shape index (κ3) is 2.42. The standard InChI is InChI=1S/C20H36B/c1-2-10-17(9-1)21(18-11-3-4-12-18,19-13-5-6-14-19)20-15-7-8-16-20/h17-20H,1-16H2/q-1. The number of hydrogen-bond donors (Lipinski definition) is 0. The van der Waals surface area contributed by atoms with Gasteiger partial charge in [0, 0.05) is 6.15 Å². The Morgan fingerprint density at radius 1 is 0.333 bits per heavy atom. The molecule has 0 aromatic rings. The molecule has 0 aromatic heterocycles. The minimum atomic E-state index is -0.0278. The Kier molecular flexibility index (Phi) is 4.38. The summed E-state index contributed by atoms with van der Waals surface area (Å²) < 4.78 is 0. The molecule has 0 atom stereocenters. The van der Waals surface area contributed by atoms with Gasteiger partial charge in [0.2, 0.25) is 0 Å². The quantitative estimate of drug-likeness (QED) is 0.479. The highest BCUT2D eigenvalue weighted by molar-refractivity contribution is 6.85. The van der Waals surface area contributed by atoms with Crippen LogP contribution in [0.25, 0.3) is 0 Å². The largest absolute Gasteiger partial charge is 0.166 e. The zero-order valence-corrected chi connectivity index (χ0v) is 14.2. The van der Waals surface area contributed by atoms with Crippen LogP contribution in [-0.2, 0) is 0 Å². The zero-order valence-electron chi connectivity index (χ0n) is 14.2. The molecule has 0 N–H and O–H groups in total. The van der Waals surface area contributed by atoms with Crippen LogP contribution in [0, 0.1) is 0 Å². The highest BCUT2D eigenvalue weighted by atomic mass is 14.4. The second-order valence-corrected chi connectivity index (χ2v) is 9.33. The van der Waals surface area contributed by atoms with Crippen LogP contribution in [0.2, 0.25) is 23.3 Å². The molecule has 21 heavy (non-hydrogen) atoms. The fourth-order valence-corrected chi connectivity index (χ4v) is 8.45. The van der Waals surface area contributed by atoms with Gasteiger partial charge in [0.25, 0.3) is 0 Å². The Bertz CT molecular complexity index is 256. The Labute approximate surface area is 132 Å². The van der Waals surface area contributed by atoms with Gasteiger partial charge in [-0.3, -0.25) is 0 Å². The molecule has 4 aliphatic rings. The van der Waals surface area contributed by atoms with Gasteiger partial charge in [-0.1, -0.05) is 103 Å². The summed E-state index contributed by atoms with van der Waals surface area (Å²) in [5.74, 6) is 4.78. The lowest BCUT2D eigenvalue weighted by Crippen LogP contribution is -2.51. The van der Waals surface area contributed by atoms with Crippen molar-refractivity contribution in [3.05, 3.63) is 0 Å². The van der Waals surface area contributed by atoms with Crippen molar-refractivity contribution >= 4 is 6.15 Å². The van der Waals surface area contributed by atoms with Crippen LogP contribution in [0.3, 0.4) is 0 Å². The van der Waals surface area contributed by atoms with Crippen LogP contribution in [0.1, 0.15) is 103 Å². The Hall–Kier alpha value is 0.0649. The van der Waals surface area contributed by atoms with Crippen LogP contribution in [0.4, 0.5) is 0 Å². The van der Waals surface area contributed by atoms with E-state index in [0.717, 1.165) is 0 Å². The van der Waals surface area contributed by atoms with Crippen LogP contribution < -0.4 is 0 Å². The fourth-order valence-electron chi connectivity index (χ4n) is 8.45. The molecular formula is C20H36B-. The molecule has 0 radical (unpaired) electrons. The summed E-state index contributed by atoms with van der Waals surface area (Å²) in [7, 11) is 0. The molecule has 4 saturated carbocycles. The first kappa shape index (κ1) is 14.6. The van der Waals surface area contributed by atoms with E-state index in [-0.39, 0.29) is 6.15 Å². The summed E-state index contributed by atoms with van der Waals surface area (Å²) in [5, 5.41) is 0. The molecule has 0 nitrogen and oxygen atoms in total. The minimum absolute atomic E-state index is 0.0278. The van der Waals surface area contributed by atoms with E-state index in [4.69, 9.17) is 0 Å². The van der Waals surface area contributed by atoms with Gasteiger partial charge in [0.1, 0.15) is 0 Å². The third-order valence-electron chi connectivity index (χ3n) is 8.87. The maximum absolute atomic E-state index is 1.63. The van der Waals surface area contributed by atoms with E-state index in [2.05, 4.69) is 0 Å². The maximum Gasteiger partial charge on any atom is 0.0131 e. The lowest BCUT2D eigenvalue weighted by molar-refractivity contribution is 0.617. The van der Waals surface area contributed by atoms with Gasteiger partial charge in [-0.25, -0.2) is 0 Å². The zero-order chi connectivity index (χ0) is 14.1. The number of hydrogen-bond acceptors (Lipinski definition) is 0. The molecule has 0 amide bonds. The lowest BCUT2D eigenvalue weighted by Gasteiger charge is -2.59. The molecule has 0 spiro atoms. The second kappa shape index (κ2) is 6.28. The lowest BCUT2D eigenvalue weighted by atomic mass is 9.03. The van der Waals surface area contributed by atoms with Gasteiger partial charge in [-0.2, -0.15) is 23.3 Å². The molecule has 0 heterocycles. The Morgan fingerprint density at radius 2 is 0.524 bits per heavy atom. The van der Waals surface area contributed by atoms with Crippen LogP contribution >= 0.6 is 0 Å². The first-order chi connectivity index (χ1) is 10.4. The average molecular weight is 287 g/mol. The van der Waals surface area contributed by atoms with E-state index in [9.17, 15) is 0 Å². The van der Waals surface area contributed by atoms with E-state index in [1.807, 2.05) is 0 Å². The Morgan fingerprint density at radius 3 is 0.714 bits per heavy atom.